The van der Waals surface area contributed by atoms with Crippen LogP contribution in [-0.4, -0.2) is 26.9 Å². The molecule has 0 aliphatic heterocycles. The minimum atomic E-state index is 0.463. The van der Waals surface area contributed by atoms with Gasteiger partial charge >= 0.3 is 0 Å². The highest BCUT2D eigenvalue weighted by molar-refractivity contribution is 5.46. The maximum atomic E-state index is 5.96. The summed E-state index contributed by atoms with van der Waals surface area (Å²) >= 11 is 0. The van der Waals surface area contributed by atoms with Crippen LogP contribution >= 0.6 is 0 Å². The van der Waals surface area contributed by atoms with E-state index in [2.05, 4.69) is 6.07 Å². The topological polar surface area (TPSA) is 27.7 Å². The summed E-state index contributed by atoms with van der Waals surface area (Å²) in [6, 6.07) is 5.99. The van der Waals surface area contributed by atoms with E-state index < -0.39 is 0 Å². The minimum absolute atomic E-state index is 0.463. The van der Waals surface area contributed by atoms with Crippen molar-refractivity contribution in [1.29, 1.82) is 0 Å². The monoisotopic (exact) mass is 264 g/mol. The largest absolute Gasteiger partial charge is 0.493 e. The number of para-hydroxylation sites is 1. The van der Waals surface area contributed by atoms with Gasteiger partial charge in [0.25, 0.3) is 0 Å². The van der Waals surface area contributed by atoms with Gasteiger partial charge in [-0.1, -0.05) is 31.4 Å². The van der Waals surface area contributed by atoms with E-state index in [0.29, 0.717) is 6.10 Å². The zero-order valence-electron chi connectivity index (χ0n) is 12.0. The smallest absolute Gasteiger partial charge is 0.163 e. The molecule has 0 spiro atoms. The summed E-state index contributed by atoms with van der Waals surface area (Å²) in [5, 5.41) is 0. The van der Waals surface area contributed by atoms with Crippen LogP contribution in [0.3, 0.4) is 0 Å². The molecule has 1 fully saturated rings. The highest BCUT2D eigenvalue weighted by atomic mass is 16.5. The quantitative estimate of drug-likeness (QED) is 0.785. The predicted octanol–water partition coefficient (Wildman–Crippen LogP) is 3.60. The Balaban J connectivity index is 1.88. The third kappa shape index (κ3) is 3.87. The van der Waals surface area contributed by atoms with Crippen molar-refractivity contribution in [3.8, 4) is 11.5 Å². The Morgan fingerprint density at radius 3 is 2.53 bits per heavy atom. The lowest BCUT2D eigenvalue weighted by atomic mass is 9.98. The Bertz CT molecular complexity index is 384. The third-order valence-corrected chi connectivity index (χ3v) is 3.76. The molecule has 3 heteroatoms. The second-order valence-electron chi connectivity index (χ2n) is 5.03. The number of benzene rings is 1. The fourth-order valence-corrected chi connectivity index (χ4v) is 2.72. The molecule has 1 aliphatic carbocycles. The first-order valence-corrected chi connectivity index (χ1v) is 7.16. The Morgan fingerprint density at radius 2 is 1.84 bits per heavy atom. The summed E-state index contributed by atoms with van der Waals surface area (Å²) in [7, 11) is 3.35. The molecule has 106 valence electrons. The van der Waals surface area contributed by atoms with Gasteiger partial charge in [0.2, 0.25) is 0 Å². The Hall–Kier alpha value is -1.22. The second kappa shape index (κ2) is 7.39. The molecule has 0 saturated heterocycles. The number of hydrogen-bond donors (Lipinski definition) is 0. The number of methoxy groups -OCH3 is 2. The highest BCUT2D eigenvalue weighted by Gasteiger charge is 2.14. The molecule has 0 aromatic heterocycles. The van der Waals surface area contributed by atoms with E-state index in [0.717, 1.165) is 30.1 Å². The van der Waals surface area contributed by atoms with Crippen molar-refractivity contribution in [2.45, 2.75) is 44.6 Å². The van der Waals surface area contributed by atoms with Gasteiger partial charge in [-0.2, -0.15) is 0 Å². The van der Waals surface area contributed by atoms with Crippen molar-refractivity contribution >= 4 is 0 Å². The maximum Gasteiger partial charge on any atom is 0.163 e. The van der Waals surface area contributed by atoms with Gasteiger partial charge in [-0.3, -0.25) is 0 Å². The van der Waals surface area contributed by atoms with Crippen LogP contribution < -0.4 is 9.47 Å². The fraction of sp³-hybridized carbons (Fsp3) is 0.625. The molecule has 0 radical (unpaired) electrons. The van der Waals surface area contributed by atoms with Crippen molar-refractivity contribution in [3.63, 3.8) is 0 Å². The first-order chi connectivity index (χ1) is 9.35. The standard InChI is InChI=1S/C16H24O3/c1-17-15-10-6-7-13(16(15)18-2)11-12-19-14-8-4-3-5-9-14/h6-7,10,14H,3-5,8-9,11-12H2,1-2H3. The van der Waals surface area contributed by atoms with Gasteiger partial charge in [-0.05, 0) is 25.3 Å². The van der Waals surface area contributed by atoms with Gasteiger partial charge < -0.3 is 14.2 Å². The molecule has 0 heterocycles. The van der Waals surface area contributed by atoms with E-state index in [-0.39, 0.29) is 0 Å². The van der Waals surface area contributed by atoms with Crippen molar-refractivity contribution in [3.05, 3.63) is 23.8 Å². The normalized spacial score (nSPS) is 16.3. The maximum absolute atomic E-state index is 5.96. The molecular weight excluding hydrogens is 240 g/mol. The third-order valence-electron chi connectivity index (χ3n) is 3.76. The van der Waals surface area contributed by atoms with Crippen LogP contribution in [0.1, 0.15) is 37.7 Å². The van der Waals surface area contributed by atoms with E-state index >= 15 is 0 Å². The van der Waals surface area contributed by atoms with Crippen molar-refractivity contribution in [2.75, 3.05) is 20.8 Å². The number of hydrogen-bond acceptors (Lipinski definition) is 3. The Labute approximate surface area is 115 Å². The van der Waals surface area contributed by atoms with Crippen LogP contribution in [0, 0.1) is 0 Å². The van der Waals surface area contributed by atoms with Crippen LogP contribution in [0.2, 0.25) is 0 Å². The molecule has 19 heavy (non-hydrogen) atoms. The molecule has 1 saturated carbocycles. The molecule has 0 unspecified atom stereocenters. The van der Waals surface area contributed by atoms with Gasteiger partial charge in [-0.25, -0.2) is 0 Å². The van der Waals surface area contributed by atoms with Gasteiger partial charge in [0, 0.05) is 5.56 Å². The summed E-state index contributed by atoms with van der Waals surface area (Å²) in [4.78, 5) is 0. The average Bonchev–Trinajstić information content (AvgIpc) is 2.48. The molecule has 1 aromatic carbocycles. The SMILES string of the molecule is COc1cccc(CCOC2CCCCC2)c1OC. The van der Waals surface area contributed by atoms with Crippen LogP contribution in [0.5, 0.6) is 11.5 Å². The van der Waals surface area contributed by atoms with Crippen molar-refractivity contribution in [2.24, 2.45) is 0 Å². The Kier molecular flexibility index (Phi) is 5.52. The zero-order chi connectivity index (χ0) is 13.5. The lowest BCUT2D eigenvalue weighted by Crippen LogP contribution is -2.18. The number of ether oxygens (including phenoxy) is 3. The highest BCUT2D eigenvalue weighted by Crippen LogP contribution is 2.31. The van der Waals surface area contributed by atoms with E-state index in [1.165, 1.54) is 32.1 Å². The Morgan fingerprint density at radius 1 is 1.05 bits per heavy atom. The van der Waals surface area contributed by atoms with Gasteiger partial charge in [0.1, 0.15) is 0 Å². The molecule has 0 N–H and O–H groups in total. The molecule has 1 aliphatic rings. The predicted molar refractivity (Wildman–Crippen MR) is 76.1 cm³/mol. The summed E-state index contributed by atoms with van der Waals surface area (Å²) in [5.74, 6) is 1.62. The van der Waals surface area contributed by atoms with Crippen LogP contribution in [0.15, 0.2) is 18.2 Å². The summed E-state index contributed by atoms with van der Waals surface area (Å²) in [5.41, 5.74) is 1.15. The first-order valence-electron chi connectivity index (χ1n) is 7.16. The minimum Gasteiger partial charge on any atom is -0.493 e. The molecule has 1 aromatic rings. The van der Waals surface area contributed by atoms with Crippen molar-refractivity contribution < 1.29 is 14.2 Å². The average molecular weight is 264 g/mol. The number of rotatable bonds is 6. The van der Waals surface area contributed by atoms with Gasteiger partial charge in [0.15, 0.2) is 11.5 Å². The van der Waals surface area contributed by atoms with E-state index in [1.807, 2.05) is 12.1 Å². The molecule has 0 amide bonds. The first kappa shape index (κ1) is 14.2. The van der Waals surface area contributed by atoms with Gasteiger partial charge in [-0.15, -0.1) is 0 Å². The lowest BCUT2D eigenvalue weighted by molar-refractivity contribution is 0.0301. The molecule has 0 bridgehead atoms. The van der Waals surface area contributed by atoms with Gasteiger partial charge in [0.05, 0.1) is 26.9 Å². The van der Waals surface area contributed by atoms with E-state index in [1.54, 1.807) is 14.2 Å². The lowest BCUT2D eigenvalue weighted by Gasteiger charge is -2.22. The van der Waals surface area contributed by atoms with Crippen LogP contribution in [-0.2, 0) is 11.2 Å². The van der Waals surface area contributed by atoms with Crippen LogP contribution in [0.4, 0.5) is 0 Å². The summed E-state index contributed by atoms with van der Waals surface area (Å²) < 4.78 is 16.7. The second-order valence-corrected chi connectivity index (χ2v) is 5.03. The molecular formula is C16H24O3. The summed E-state index contributed by atoms with van der Waals surface area (Å²) in [6.45, 7) is 0.758. The van der Waals surface area contributed by atoms with E-state index in [9.17, 15) is 0 Å². The van der Waals surface area contributed by atoms with Crippen molar-refractivity contribution in [1.82, 2.24) is 0 Å². The van der Waals surface area contributed by atoms with E-state index in [4.69, 9.17) is 14.2 Å². The molecule has 3 nitrogen and oxygen atoms in total. The zero-order valence-corrected chi connectivity index (χ0v) is 12.0. The fourth-order valence-electron chi connectivity index (χ4n) is 2.72. The molecule has 0 atom stereocenters. The van der Waals surface area contributed by atoms with Crippen LogP contribution in [0.25, 0.3) is 0 Å². The summed E-state index contributed by atoms with van der Waals surface area (Å²) in [6.07, 6.45) is 7.76. The molecule has 2 rings (SSSR count).